The Balaban J connectivity index is 3.02. The fourth-order valence-electron chi connectivity index (χ4n) is 1.70. The second kappa shape index (κ2) is 5.93. The van der Waals surface area contributed by atoms with Crippen molar-refractivity contribution in [1.82, 2.24) is 4.72 Å². The van der Waals surface area contributed by atoms with Gasteiger partial charge in [-0.15, -0.1) is 0 Å². The maximum Gasteiger partial charge on any atom is 0.321 e. The third-order valence-corrected chi connectivity index (χ3v) is 4.52. The van der Waals surface area contributed by atoms with Gasteiger partial charge in [0.05, 0.1) is 4.90 Å². The Bertz CT molecular complexity index is 570. The molecule has 5 nitrogen and oxygen atoms in total. The second-order valence-electron chi connectivity index (χ2n) is 5.69. The Hall–Kier alpha value is -1.40. The van der Waals surface area contributed by atoms with Crippen LogP contribution in [0, 0.1) is 0 Å². The van der Waals surface area contributed by atoms with Gasteiger partial charge in [0.15, 0.2) is 0 Å². The van der Waals surface area contributed by atoms with E-state index in [1.807, 2.05) is 20.8 Å². The molecule has 0 fully saturated rings. The van der Waals surface area contributed by atoms with Crippen molar-refractivity contribution in [2.45, 2.75) is 50.5 Å². The van der Waals surface area contributed by atoms with Crippen LogP contribution < -0.4 is 4.72 Å². The van der Waals surface area contributed by atoms with Gasteiger partial charge in [0.25, 0.3) is 0 Å². The van der Waals surface area contributed by atoms with Gasteiger partial charge in [-0.3, -0.25) is 4.79 Å². The summed E-state index contributed by atoms with van der Waals surface area (Å²) >= 11 is 0. The van der Waals surface area contributed by atoms with E-state index in [2.05, 4.69) is 4.72 Å². The molecule has 0 saturated heterocycles. The summed E-state index contributed by atoms with van der Waals surface area (Å²) in [6, 6.07) is 5.38. The summed E-state index contributed by atoms with van der Waals surface area (Å²) in [6.45, 7) is 7.72. The van der Waals surface area contributed by atoms with Gasteiger partial charge in [-0.1, -0.05) is 39.8 Å². The smallest absolute Gasteiger partial charge is 0.321 e. The zero-order chi connectivity index (χ0) is 15.6. The van der Waals surface area contributed by atoms with Gasteiger partial charge in [-0.25, -0.2) is 8.42 Å². The van der Waals surface area contributed by atoms with E-state index in [0.29, 0.717) is 0 Å². The predicted octanol–water partition coefficient (Wildman–Crippen LogP) is 2.13. The molecule has 1 rings (SSSR count). The van der Waals surface area contributed by atoms with Crippen LogP contribution in [0.25, 0.3) is 0 Å². The minimum atomic E-state index is -3.81. The molecule has 0 bridgehead atoms. The molecule has 2 N–H and O–H groups in total. The van der Waals surface area contributed by atoms with Crippen molar-refractivity contribution in [3.8, 4) is 0 Å². The third kappa shape index (κ3) is 4.05. The van der Waals surface area contributed by atoms with Crippen molar-refractivity contribution in [3.63, 3.8) is 0 Å². The highest BCUT2D eigenvalue weighted by Crippen LogP contribution is 2.23. The molecule has 0 saturated carbocycles. The first-order chi connectivity index (χ1) is 9.08. The molecule has 0 aliphatic rings. The first-order valence-electron chi connectivity index (χ1n) is 6.43. The molecule has 0 aliphatic carbocycles. The Morgan fingerprint density at radius 3 is 2.10 bits per heavy atom. The van der Waals surface area contributed by atoms with Crippen molar-refractivity contribution in [3.05, 3.63) is 29.8 Å². The number of nitrogens with one attached hydrogen (secondary N) is 1. The summed E-state index contributed by atoms with van der Waals surface area (Å²) in [6.07, 6.45) is 0.189. The molecule has 1 aromatic carbocycles. The third-order valence-electron chi connectivity index (χ3n) is 3.03. The van der Waals surface area contributed by atoms with Crippen molar-refractivity contribution >= 4 is 16.0 Å². The van der Waals surface area contributed by atoms with Gasteiger partial charge in [0, 0.05) is 0 Å². The fraction of sp³-hybridized carbons (Fsp3) is 0.500. The van der Waals surface area contributed by atoms with E-state index in [-0.39, 0.29) is 16.7 Å². The van der Waals surface area contributed by atoms with Crippen LogP contribution in [0.5, 0.6) is 0 Å². The summed E-state index contributed by atoms with van der Waals surface area (Å²) in [5, 5.41) is 8.91. The molecular weight excluding hydrogens is 278 g/mol. The highest BCUT2D eigenvalue weighted by molar-refractivity contribution is 7.89. The number of carboxylic acid groups (broad SMARTS) is 1. The van der Waals surface area contributed by atoms with Crippen molar-refractivity contribution < 1.29 is 18.3 Å². The largest absolute Gasteiger partial charge is 0.480 e. The Kier molecular flexibility index (Phi) is 4.94. The molecule has 20 heavy (non-hydrogen) atoms. The maximum absolute atomic E-state index is 12.1. The molecule has 6 heteroatoms. The summed E-state index contributed by atoms with van der Waals surface area (Å²) in [5.74, 6) is -1.18. The van der Waals surface area contributed by atoms with Crippen LogP contribution in [0.1, 0.15) is 39.7 Å². The molecule has 0 heterocycles. The van der Waals surface area contributed by atoms with Crippen LogP contribution in [0.3, 0.4) is 0 Å². The predicted molar refractivity (Wildman–Crippen MR) is 77.2 cm³/mol. The van der Waals surface area contributed by atoms with Crippen LogP contribution >= 0.6 is 0 Å². The second-order valence-corrected chi connectivity index (χ2v) is 7.41. The number of hydrogen-bond acceptors (Lipinski definition) is 3. The van der Waals surface area contributed by atoms with Gasteiger partial charge in [0.2, 0.25) is 10.0 Å². The molecule has 0 amide bonds. The number of carboxylic acids is 1. The SMILES string of the molecule is CC[C@@H](NS(=O)(=O)c1ccc(C(C)(C)C)cc1)C(=O)O. The zero-order valence-corrected chi connectivity index (χ0v) is 13.0. The van der Waals surface area contributed by atoms with E-state index in [0.717, 1.165) is 5.56 Å². The van der Waals surface area contributed by atoms with Crippen molar-refractivity contribution in [1.29, 1.82) is 0 Å². The van der Waals surface area contributed by atoms with Gasteiger partial charge < -0.3 is 5.11 Å². The van der Waals surface area contributed by atoms with E-state index < -0.39 is 22.0 Å². The number of hydrogen-bond donors (Lipinski definition) is 2. The van der Waals surface area contributed by atoms with Crippen LogP contribution in [-0.2, 0) is 20.2 Å². The lowest BCUT2D eigenvalue weighted by atomic mass is 9.87. The molecule has 0 aromatic heterocycles. The number of carbonyl (C=O) groups is 1. The summed E-state index contributed by atoms with van der Waals surface area (Å²) in [7, 11) is -3.81. The first kappa shape index (κ1) is 16.7. The van der Waals surface area contributed by atoms with Gasteiger partial charge in [-0.2, -0.15) is 4.72 Å². The Labute approximate surface area is 120 Å². The highest BCUT2D eigenvalue weighted by atomic mass is 32.2. The Morgan fingerprint density at radius 2 is 1.75 bits per heavy atom. The zero-order valence-electron chi connectivity index (χ0n) is 12.2. The number of sulfonamides is 1. The van der Waals surface area contributed by atoms with Gasteiger partial charge in [-0.05, 0) is 29.5 Å². The van der Waals surface area contributed by atoms with E-state index in [4.69, 9.17) is 5.11 Å². The lowest BCUT2D eigenvalue weighted by Crippen LogP contribution is -2.40. The molecule has 1 atom stereocenters. The van der Waals surface area contributed by atoms with E-state index in [9.17, 15) is 13.2 Å². The lowest BCUT2D eigenvalue weighted by Gasteiger charge is -2.19. The van der Waals surface area contributed by atoms with Gasteiger partial charge >= 0.3 is 5.97 Å². The van der Waals surface area contributed by atoms with Crippen molar-refractivity contribution in [2.75, 3.05) is 0 Å². The normalized spacial score (nSPS) is 14.0. The minimum Gasteiger partial charge on any atom is -0.480 e. The van der Waals surface area contributed by atoms with Crippen LogP contribution in [-0.4, -0.2) is 25.5 Å². The van der Waals surface area contributed by atoms with E-state index in [1.54, 1.807) is 19.1 Å². The molecule has 1 aromatic rings. The van der Waals surface area contributed by atoms with Crippen LogP contribution in [0.4, 0.5) is 0 Å². The minimum absolute atomic E-state index is 0.0667. The average molecular weight is 299 g/mol. The average Bonchev–Trinajstić information content (AvgIpc) is 2.35. The number of benzene rings is 1. The summed E-state index contributed by atoms with van der Waals surface area (Å²) in [5.41, 5.74) is 0.949. The standard InChI is InChI=1S/C14H21NO4S/c1-5-12(13(16)17)15-20(18,19)11-8-6-10(7-9-11)14(2,3)4/h6-9,12,15H,5H2,1-4H3,(H,16,17)/t12-/m1/s1. The monoisotopic (exact) mass is 299 g/mol. The molecule has 0 aliphatic heterocycles. The van der Waals surface area contributed by atoms with Crippen LogP contribution in [0.2, 0.25) is 0 Å². The topological polar surface area (TPSA) is 83.5 Å². The summed E-state index contributed by atoms with van der Waals surface area (Å²) < 4.78 is 26.4. The molecular formula is C14H21NO4S. The molecule has 0 spiro atoms. The quantitative estimate of drug-likeness (QED) is 0.872. The lowest BCUT2D eigenvalue weighted by molar-refractivity contribution is -0.139. The van der Waals surface area contributed by atoms with E-state index in [1.165, 1.54) is 12.1 Å². The number of aliphatic carboxylic acids is 1. The highest BCUT2D eigenvalue weighted by Gasteiger charge is 2.24. The van der Waals surface area contributed by atoms with Gasteiger partial charge in [0.1, 0.15) is 6.04 Å². The fourth-order valence-corrected chi connectivity index (χ4v) is 2.97. The van der Waals surface area contributed by atoms with E-state index >= 15 is 0 Å². The molecule has 0 unspecified atom stereocenters. The maximum atomic E-state index is 12.1. The first-order valence-corrected chi connectivity index (χ1v) is 7.92. The molecule has 0 radical (unpaired) electrons. The molecule has 112 valence electrons. The van der Waals surface area contributed by atoms with Crippen LogP contribution in [0.15, 0.2) is 29.2 Å². The number of rotatable bonds is 5. The Morgan fingerprint density at radius 1 is 1.25 bits per heavy atom. The van der Waals surface area contributed by atoms with Crippen molar-refractivity contribution in [2.24, 2.45) is 0 Å². The summed E-state index contributed by atoms with van der Waals surface area (Å²) in [4.78, 5) is 11.0.